The molecule has 1 atom stereocenters. The largest absolute Gasteiger partial charge is 0.460 e. The monoisotopic (exact) mass is 2100 g/mol. The van der Waals surface area contributed by atoms with Crippen molar-refractivity contribution in [3.63, 3.8) is 0 Å². The lowest BCUT2D eigenvalue weighted by atomic mass is 9.82. The first kappa shape index (κ1) is 117. The van der Waals surface area contributed by atoms with Crippen molar-refractivity contribution in [2.75, 3.05) is 0 Å². The number of carbonyl (C=O) groups is 2. The number of hydrogen-bond acceptors (Lipinski definition) is 2. The minimum absolute atomic E-state index is 0.0383. The van der Waals surface area contributed by atoms with Crippen LogP contribution in [0.5, 0.6) is 0 Å². The van der Waals surface area contributed by atoms with Gasteiger partial charge in [0.2, 0.25) is 5.91 Å². The van der Waals surface area contributed by atoms with E-state index >= 15 is 110 Å². The molecule has 2 aliphatic rings. The highest BCUT2D eigenvalue weighted by Gasteiger charge is 3.02. The molecular formula is C64H47F63N2O2Si. The Morgan fingerprint density at radius 1 is 0.273 bits per heavy atom. The van der Waals surface area contributed by atoms with Crippen LogP contribution in [0, 0.1) is 5.92 Å². The van der Waals surface area contributed by atoms with Crippen molar-refractivity contribution < 1.29 is 286 Å². The van der Waals surface area contributed by atoms with Gasteiger partial charge in [0.25, 0.3) is 5.91 Å². The maximum absolute atomic E-state index is 16.3. The van der Waals surface area contributed by atoms with E-state index in [-0.39, 0.29) is 63.4 Å². The number of rotatable bonds is 41. The maximum atomic E-state index is 16.3. The smallest absolute Gasteiger partial charge is 0.352 e. The molecule has 0 heterocycles. The molecule has 132 heavy (non-hydrogen) atoms. The summed E-state index contributed by atoms with van der Waals surface area (Å²) in [5, 5.41) is -0.309. The van der Waals surface area contributed by atoms with Crippen LogP contribution in [-0.4, -0.2) is 215 Å². The van der Waals surface area contributed by atoms with E-state index in [1.54, 1.807) is 0 Å². The molecule has 4 rings (SSSR count). The Kier molecular flexibility index (Phi) is 30.8. The summed E-state index contributed by atoms with van der Waals surface area (Å²) in [5.41, 5.74) is -1.90. The Balaban J connectivity index is 2.34. The highest BCUT2D eigenvalue weighted by Crippen LogP contribution is 2.72. The number of amides is 2. The van der Waals surface area contributed by atoms with Crippen molar-refractivity contribution in [3.05, 3.63) is 65.7 Å². The lowest BCUT2D eigenvalue weighted by molar-refractivity contribution is -0.474. The Bertz CT molecular complexity index is 3980. The third-order valence-electron chi connectivity index (χ3n) is 21.3. The second kappa shape index (κ2) is 34.7. The lowest BCUT2D eigenvalue weighted by Gasteiger charge is -2.45. The van der Waals surface area contributed by atoms with Crippen LogP contribution < -0.4 is 10.5 Å². The summed E-state index contributed by atoms with van der Waals surface area (Å²) < 4.78 is 922. The number of hydrogen-bond donors (Lipinski definition) is 1. The van der Waals surface area contributed by atoms with Gasteiger partial charge in [-0.2, -0.15) is 277 Å². The van der Waals surface area contributed by atoms with Crippen LogP contribution in [-0.2, 0) is 11.3 Å². The molecule has 770 valence electrons. The van der Waals surface area contributed by atoms with Gasteiger partial charge in [0.05, 0.1) is 8.07 Å². The molecule has 2 saturated carbocycles. The fourth-order valence-corrected chi connectivity index (χ4v) is 17.9. The molecule has 1 N–H and O–H groups in total. The zero-order chi connectivity index (χ0) is 105. The van der Waals surface area contributed by atoms with Crippen LogP contribution >= 0.6 is 0 Å². The van der Waals surface area contributed by atoms with E-state index in [9.17, 15) is 176 Å². The first-order valence-corrected chi connectivity index (χ1v) is 37.5. The van der Waals surface area contributed by atoms with Gasteiger partial charge in [-0.15, -0.1) is 0 Å². The van der Waals surface area contributed by atoms with Crippen molar-refractivity contribution in [2.45, 2.75) is 299 Å². The lowest BCUT2D eigenvalue weighted by Crippen LogP contribution is -2.77. The minimum Gasteiger partial charge on any atom is -0.352 e. The highest BCUT2D eigenvalue weighted by molar-refractivity contribution is 6.92. The van der Waals surface area contributed by atoms with Crippen molar-refractivity contribution >= 4 is 25.1 Å². The number of benzene rings is 2. The van der Waals surface area contributed by atoms with Gasteiger partial charge in [-0.05, 0) is 67.4 Å². The summed E-state index contributed by atoms with van der Waals surface area (Å²) in [4.78, 5) is 29.9. The Hall–Kier alpha value is -6.81. The second-order valence-electron chi connectivity index (χ2n) is 29.9. The number of nitrogens with zero attached hydrogens (tertiary/aromatic N) is 1. The van der Waals surface area contributed by atoms with Gasteiger partial charge in [0.15, 0.2) is 0 Å². The Morgan fingerprint density at radius 2 is 0.485 bits per heavy atom. The molecule has 4 nitrogen and oxygen atoms in total. The summed E-state index contributed by atoms with van der Waals surface area (Å²) >= 11 is 0. The van der Waals surface area contributed by atoms with Crippen LogP contribution in [0.1, 0.15) is 99.4 Å². The van der Waals surface area contributed by atoms with Crippen molar-refractivity contribution in [1.29, 1.82) is 0 Å². The van der Waals surface area contributed by atoms with Crippen LogP contribution in [0.4, 0.5) is 277 Å². The van der Waals surface area contributed by atoms with E-state index in [1.165, 1.54) is 0 Å². The number of nitrogens with one attached hydrogen (secondary N) is 1. The van der Waals surface area contributed by atoms with Crippen LogP contribution in [0.3, 0.4) is 0 Å². The zero-order valence-corrected chi connectivity index (χ0v) is 63.5. The number of halogens is 63. The molecule has 68 heteroatoms. The summed E-state index contributed by atoms with van der Waals surface area (Å²) in [5.74, 6) is -270. The summed E-state index contributed by atoms with van der Waals surface area (Å²) in [6, 6.07) is -13.4. The van der Waals surface area contributed by atoms with E-state index in [4.69, 9.17) is 0 Å². The number of alkyl halides is 63. The number of carbonyl (C=O) groups excluding carboxylic acids is 2. The quantitative estimate of drug-likeness (QED) is 0.0533. The average molecular weight is 2100 g/mol. The van der Waals surface area contributed by atoms with Crippen LogP contribution in [0.25, 0.3) is 0 Å². The SMILES string of the molecule is O=C(NC1CCCCC1)C(C1CCCCC1)N(Cc1ccccc1)C(=O)c1ccc([Si](CCC(F)(F)C(F)(F)C(F)(F)C(F)(F)C(F)(F)C(F)(F)C(F)(F)C(F)(F)C(F)(F)C(F)(F)F)(CCC(F)(F)C(F)(F)C(F)(F)C(F)(F)C(F)(F)C(F)(F)C(F)(F)C(F)(F)C(F)(F)C(F)(F)F)CCC(F)(F)C(F)(F)C(F)(F)C(F)(F)C(F)(F)C(F)(F)C(F)(F)C(F)(F)C(F)(F)C(F)(F)F)cc1. The van der Waals surface area contributed by atoms with Gasteiger partial charge in [-0.25, -0.2) is 0 Å². The molecular weight excluding hydrogens is 2050 g/mol. The summed E-state index contributed by atoms with van der Waals surface area (Å²) in [6.07, 6.45) is -40.1. The molecule has 0 saturated heterocycles. The Morgan fingerprint density at radius 3 is 0.712 bits per heavy atom. The molecule has 2 amide bonds. The van der Waals surface area contributed by atoms with Gasteiger partial charge < -0.3 is 10.2 Å². The minimum atomic E-state index is -10.3. The van der Waals surface area contributed by atoms with Gasteiger partial charge in [-0.1, -0.05) is 86.2 Å². The molecule has 2 aliphatic carbocycles. The van der Waals surface area contributed by atoms with Crippen molar-refractivity contribution in [2.24, 2.45) is 5.92 Å². The predicted octanol–water partition coefficient (Wildman–Crippen LogP) is 27.4. The van der Waals surface area contributed by atoms with Crippen LogP contribution in [0.2, 0.25) is 18.1 Å². The normalized spacial score (nSPS) is 17.8. The van der Waals surface area contributed by atoms with Gasteiger partial charge in [0, 0.05) is 37.4 Å². The first-order chi connectivity index (χ1) is 57.7. The zero-order valence-electron chi connectivity index (χ0n) is 62.5. The van der Waals surface area contributed by atoms with Crippen molar-refractivity contribution in [3.8, 4) is 0 Å². The molecule has 0 aromatic heterocycles. The van der Waals surface area contributed by atoms with E-state index in [2.05, 4.69) is 5.32 Å². The molecule has 0 aliphatic heterocycles. The van der Waals surface area contributed by atoms with E-state index < -0.39 is 295 Å². The van der Waals surface area contributed by atoms with Gasteiger partial charge >= 0.3 is 178 Å². The summed E-state index contributed by atoms with van der Waals surface area (Å²) in [6.45, 7) is -1.11. The van der Waals surface area contributed by atoms with Gasteiger partial charge in [-0.3, -0.25) is 9.59 Å². The average Bonchev–Trinajstić information content (AvgIpc) is 0.691. The first-order valence-electron chi connectivity index (χ1n) is 34.9. The predicted molar refractivity (Wildman–Crippen MR) is 314 cm³/mol. The van der Waals surface area contributed by atoms with E-state index in [0.29, 0.717) is 11.3 Å². The molecule has 0 spiro atoms. The van der Waals surface area contributed by atoms with Crippen molar-refractivity contribution in [1.82, 2.24) is 10.2 Å². The van der Waals surface area contributed by atoms with Crippen LogP contribution in [0.15, 0.2) is 54.6 Å². The molecule has 1 unspecified atom stereocenters. The fraction of sp³-hybridized carbons (Fsp3) is 0.781. The molecule has 0 radical (unpaired) electrons. The third kappa shape index (κ3) is 17.4. The fourth-order valence-electron chi connectivity index (χ4n) is 13.0. The van der Waals surface area contributed by atoms with E-state index in [0.717, 1.165) is 30.3 Å². The molecule has 2 fully saturated rings. The molecule has 2 aromatic carbocycles. The summed E-state index contributed by atoms with van der Waals surface area (Å²) in [7, 11) is -8.49. The van der Waals surface area contributed by atoms with E-state index in [1.807, 2.05) is 0 Å². The Labute approximate surface area is 691 Å². The molecule has 0 bridgehead atoms. The topological polar surface area (TPSA) is 49.4 Å². The highest BCUT2D eigenvalue weighted by atomic mass is 28.3. The standard InChI is InChI=1S/C64H47F63N2O2Si/c65-35(66,38(71,72)41(77,78)44(83,84)47(89,90)50(95,96)53(101,102)56(107,108)59(113,114)62(119,120)121)20-23-132(24-21-36(67,68)39(73,74)42(79,80)45(85,86)48(91,92)51(97,98)54(103,104)57(109,110)60(115,116)63(122,123)124,25-22-37(69,70)40(75,76)43(81,82)46(87,88)49(93,94)52(99,100)55(105,106)58(111,112)61(117,118)64(125,126)127)31-18-16-29(17-19-31)34(131)129(26-27-10-4-1-5-11-27)32(28-12-6-2-7-13-28)33(130)128-30-14-8-3-9-15-30/h1,4-5,10-11,16-19,28,30,32H,2-3,6-9,12-15,20-26H2,(H,128,130). The second-order valence-corrected chi connectivity index (χ2v) is 34.5. The van der Waals surface area contributed by atoms with Gasteiger partial charge in [0.1, 0.15) is 6.04 Å². The third-order valence-corrected chi connectivity index (χ3v) is 26.5. The maximum Gasteiger partial charge on any atom is 0.460 e. The molecule has 2 aromatic rings.